The summed E-state index contributed by atoms with van der Waals surface area (Å²) in [4.78, 5) is 17.5. The molecule has 1 aromatic carbocycles. The topological polar surface area (TPSA) is 68.9 Å². The molecule has 7 heteroatoms. The first-order chi connectivity index (χ1) is 8.58. The standard InChI is InChI=1S/C11H7ClFN3O2/c12-11-14-6-8(13)9(15-11)5-7-3-1-2-4-10(7)16(17)18/h1-4,6H,5H2. The highest BCUT2D eigenvalue weighted by Crippen LogP contribution is 2.21. The highest BCUT2D eigenvalue weighted by atomic mass is 35.5. The Labute approximate surface area is 106 Å². The zero-order valence-electron chi connectivity index (χ0n) is 9.01. The van der Waals surface area contributed by atoms with Gasteiger partial charge in [0.2, 0.25) is 5.28 Å². The molecule has 18 heavy (non-hydrogen) atoms. The summed E-state index contributed by atoms with van der Waals surface area (Å²) in [6.45, 7) is 0. The van der Waals surface area contributed by atoms with Crippen molar-refractivity contribution in [3.8, 4) is 0 Å². The Bertz CT molecular complexity index is 607. The van der Waals surface area contributed by atoms with Gasteiger partial charge >= 0.3 is 0 Å². The van der Waals surface area contributed by atoms with Gasteiger partial charge in [-0.15, -0.1) is 0 Å². The molecule has 0 fully saturated rings. The second-order valence-electron chi connectivity index (χ2n) is 3.50. The normalized spacial score (nSPS) is 10.3. The van der Waals surface area contributed by atoms with E-state index in [9.17, 15) is 14.5 Å². The molecule has 0 unspecified atom stereocenters. The minimum atomic E-state index is -0.641. The Balaban J connectivity index is 2.40. The maximum Gasteiger partial charge on any atom is 0.272 e. The maximum absolute atomic E-state index is 13.4. The van der Waals surface area contributed by atoms with Crippen LogP contribution in [-0.2, 0) is 6.42 Å². The first kappa shape index (κ1) is 12.4. The second kappa shape index (κ2) is 5.05. The lowest BCUT2D eigenvalue weighted by atomic mass is 10.1. The molecule has 1 aromatic heterocycles. The summed E-state index contributed by atoms with van der Waals surface area (Å²) >= 11 is 5.56. The van der Waals surface area contributed by atoms with E-state index in [2.05, 4.69) is 9.97 Å². The zero-order chi connectivity index (χ0) is 13.1. The molecule has 0 spiro atoms. The van der Waals surface area contributed by atoms with Crippen LogP contribution in [0.4, 0.5) is 10.1 Å². The van der Waals surface area contributed by atoms with Crippen LogP contribution in [0.3, 0.4) is 0 Å². The summed E-state index contributed by atoms with van der Waals surface area (Å²) in [7, 11) is 0. The van der Waals surface area contributed by atoms with E-state index in [-0.39, 0.29) is 23.1 Å². The van der Waals surface area contributed by atoms with Crippen LogP contribution in [0.25, 0.3) is 0 Å². The van der Waals surface area contributed by atoms with E-state index < -0.39 is 10.7 Å². The molecule has 0 N–H and O–H groups in total. The number of nitro benzene ring substituents is 1. The zero-order valence-corrected chi connectivity index (χ0v) is 9.76. The Morgan fingerprint density at radius 1 is 1.39 bits per heavy atom. The Morgan fingerprint density at radius 2 is 2.11 bits per heavy atom. The monoisotopic (exact) mass is 267 g/mol. The SMILES string of the molecule is O=[N+]([O-])c1ccccc1Cc1nc(Cl)ncc1F. The maximum atomic E-state index is 13.4. The molecule has 0 aliphatic carbocycles. The fourth-order valence-electron chi connectivity index (χ4n) is 1.52. The molecule has 0 saturated heterocycles. The van der Waals surface area contributed by atoms with Crippen molar-refractivity contribution in [2.45, 2.75) is 6.42 Å². The molecule has 0 atom stereocenters. The average molecular weight is 268 g/mol. The number of hydrogen-bond donors (Lipinski definition) is 0. The summed E-state index contributed by atoms with van der Waals surface area (Å²) in [6.07, 6.45) is 0.935. The third-order valence-electron chi connectivity index (χ3n) is 2.33. The Hall–Kier alpha value is -2.08. The van der Waals surface area contributed by atoms with Crippen molar-refractivity contribution in [3.05, 3.63) is 62.9 Å². The number of halogens is 2. The fourth-order valence-corrected chi connectivity index (χ4v) is 1.67. The van der Waals surface area contributed by atoms with E-state index in [1.165, 1.54) is 6.07 Å². The van der Waals surface area contributed by atoms with Gasteiger partial charge in [0.05, 0.1) is 16.8 Å². The highest BCUT2D eigenvalue weighted by Gasteiger charge is 2.15. The van der Waals surface area contributed by atoms with Crippen LogP contribution in [0.1, 0.15) is 11.3 Å². The van der Waals surface area contributed by atoms with Crippen molar-refractivity contribution < 1.29 is 9.31 Å². The minimum absolute atomic E-state index is 0.00870. The first-order valence-electron chi connectivity index (χ1n) is 4.97. The number of hydrogen-bond acceptors (Lipinski definition) is 4. The fraction of sp³-hybridized carbons (Fsp3) is 0.0909. The third kappa shape index (κ3) is 2.60. The molecule has 0 amide bonds. The number of nitrogens with zero attached hydrogens (tertiary/aromatic N) is 3. The van der Waals surface area contributed by atoms with Crippen molar-refractivity contribution in [1.82, 2.24) is 9.97 Å². The quantitative estimate of drug-likeness (QED) is 0.487. The molecule has 0 saturated carbocycles. The van der Waals surface area contributed by atoms with Gasteiger partial charge in [-0.2, -0.15) is 0 Å². The van der Waals surface area contributed by atoms with Crippen LogP contribution < -0.4 is 0 Å². The molecule has 0 aliphatic rings. The van der Waals surface area contributed by atoms with Crippen molar-refractivity contribution >= 4 is 17.3 Å². The van der Waals surface area contributed by atoms with Crippen LogP contribution in [0, 0.1) is 15.9 Å². The largest absolute Gasteiger partial charge is 0.272 e. The Kier molecular flexibility index (Phi) is 3.47. The summed E-state index contributed by atoms with van der Waals surface area (Å²) in [5.41, 5.74) is 0.326. The summed E-state index contributed by atoms with van der Waals surface area (Å²) in [5.74, 6) is -0.641. The molecule has 0 radical (unpaired) electrons. The molecular formula is C11H7ClFN3O2. The molecule has 2 aromatic rings. The summed E-state index contributed by atoms with van der Waals surface area (Å²) < 4.78 is 13.4. The average Bonchev–Trinajstić information content (AvgIpc) is 2.34. The first-order valence-corrected chi connectivity index (χ1v) is 5.35. The number of para-hydroxylation sites is 1. The molecule has 0 bridgehead atoms. The molecule has 1 heterocycles. The van der Waals surface area contributed by atoms with Gasteiger partial charge < -0.3 is 0 Å². The molecule has 2 rings (SSSR count). The lowest BCUT2D eigenvalue weighted by Gasteiger charge is -2.03. The van der Waals surface area contributed by atoms with E-state index in [0.717, 1.165) is 6.20 Å². The van der Waals surface area contributed by atoms with Crippen LogP contribution in [0.5, 0.6) is 0 Å². The van der Waals surface area contributed by atoms with Crippen LogP contribution >= 0.6 is 11.6 Å². The van der Waals surface area contributed by atoms with Gasteiger partial charge in [0.25, 0.3) is 5.69 Å². The van der Waals surface area contributed by atoms with Gasteiger partial charge in [0.15, 0.2) is 5.82 Å². The third-order valence-corrected chi connectivity index (χ3v) is 2.52. The minimum Gasteiger partial charge on any atom is -0.258 e. The van der Waals surface area contributed by atoms with Crippen LogP contribution in [0.2, 0.25) is 5.28 Å². The summed E-state index contributed by atoms with van der Waals surface area (Å²) in [6, 6.07) is 6.09. The van der Waals surface area contributed by atoms with E-state index >= 15 is 0 Å². The molecule has 5 nitrogen and oxygen atoms in total. The second-order valence-corrected chi connectivity index (χ2v) is 3.83. The number of benzene rings is 1. The number of nitro groups is 1. The number of rotatable bonds is 3. The lowest BCUT2D eigenvalue weighted by molar-refractivity contribution is -0.385. The highest BCUT2D eigenvalue weighted by molar-refractivity contribution is 6.28. The van der Waals surface area contributed by atoms with Crippen molar-refractivity contribution in [2.75, 3.05) is 0 Å². The van der Waals surface area contributed by atoms with Crippen molar-refractivity contribution in [3.63, 3.8) is 0 Å². The lowest BCUT2D eigenvalue weighted by Crippen LogP contribution is -2.01. The van der Waals surface area contributed by atoms with Crippen molar-refractivity contribution in [2.24, 2.45) is 0 Å². The molecular weight excluding hydrogens is 261 g/mol. The molecule has 0 aliphatic heterocycles. The van der Waals surface area contributed by atoms with Gasteiger partial charge in [-0.05, 0) is 11.6 Å². The smallest absolute Gasteiger partial charge is 0.258 e. The van der Waals surface area contributed by atoms with E-state index in [1.54, 1.807) is 18.2 Å². The predicted molar refractivity (Wildman–Crippen MR) is 62.9 cm³/mol. The van der Waals surface area contributed by atoms with E-state index in [4.69, 9.17) is 11.6 Å². The van der Waals surface area contributed by atoms with E-state index in [1.807, 2.05) is 0 Å². The van der Waals surface area contributed by atoms with Gasteiger partial charge in [0, 0.05) is 18.1 Å². The van der Waals surface area contributed by atoms with Gasteiger partial charge in [-0.1, -0.05) is 18.2 Å². The predicted octanol–water partition coefficient (Wildman–Crippen LogP) is 2.77. The van der Waals surface area contributed by atoms with Gasteiger partial charge in [0.1, 0.15) is 0 Å². The number of aromatic nitrogens is 2. The van der Waals surface area contributed by atoms with Crippen LogP contribution in [-0.4, -0.2) is 14.9 Å². The Morgan fingerprint density at radius 3 is 2.83 bits per heavy atom. The van der Waals surface area contributed by atoms with Gasteiger partial charge in [-0.3, -0.25) is 10.1 Å². The van der Waals surface area contributed by atoms with Gasteiger partial charge in [-0.25, -0.2) is 14.4 Å². The van der Waals surface area contributed by atoms with Crippen molar-refractivity contribution in [1.29, 1.82) is 0 Å². The van der Waals surface area contributed by atoms with E-state index in [0.29, 0.717) is 5.56 Å². The summed E-state index contributed by atoms with van der Waals surface area (Å²) in [5, 5.41) is 10.7. The van der Waals surface area contributed by atoms with Crippen LogP contribution in [0.15, 0.2) is 30.5 Å². The molecule has 92 valence electrons.